The molecule has 1 amide bonds. The Bertz CT molecular complexity index is 1500. The summed E-state index contributed by atoms with van der Waals surface area (Å²) in [5.41, 5.74) is 7.18. The van der Waals surface area contributed by atoms with Crippen molar-refractivity contribution >= 4 is 28.4 Å². The molecule has 1 N–H and O–H groups in total. The molecule has 190 valence electrons. The lowest BCUT2D eigenvalue weighted by Gasteiger charge is -2.19. The van der Waals surface area contributed by atoms with Crippen LogP contribution in [0.2, 0.25) is 0 Å². The van der Waals surface area contributed by atoms with Crippen molar-refractivity contribution in [3.8, 4) is 11.3 Å². The fourth-order valence-electron chi connectivity index (χ4n) is 5.45. The monoisotopic (exact) mass is 497 g/mol. The van der Waals surface area contributed by atoms with Crippen molar-refractivity contribution in [2.75, 3.05) is 39.7 Å². The van der Waals surface area contributed by atoms with Crippen molar-refractivity contribution in [3.05, 3.63) is 65.2 Å². The smallest absolute Gasteiger partial charge is 0.256 e. The third-order valence-electron chi connectivity index (χ3n) is 7.27. The van der Waals surface area contributed by atoms with E-state index in [0.29, 0.717) is 29.5 Å². The van der Waals surface area contributed by atoms with Gasteiger partial charge >= 0.3 is 0 Å². The molecule has 1 atom stereocenters. The molecule has 1 saturated heterocycles. The summed E-state index contributed by atoms with van der Waals surface area (Å²) in [4.78, 5) is 31.5. The van der Waals surface area contributed by atoms with Gasteiger partial charge in [-0.15, -0.1) is 0 Å². The van der Waals surface area contributed by atoms with E-state index in [-0.39, 0.29) is 5.91 Å². The number of hydrogen-bond donors (Lipinski definition) is 1. The highest BCUT2D eigenvalue weighted by molar-refractivity contribution is 6.06. The van der Waals surface area contributed by atoms with Crippen LogP contribution < -0.4 is 5.32 Å². The molecule has 9 nitrogen and oxygen atoms in total. The third-order valence-corrected chi connectivity index (χ3v) is 7.27. The Kier molecular flexibility index (Phi) is 5.89. The van der Waals surface area contributed by atoms with Gasteiger partial charge in [-0.1, -0.05) is 6.07 Å². The van der Waals surface area contributed by atoms with Crippen LogP contribution in [-0.4, -0.2) is 69.6 Å². The van der Waals surface area contributed by atoms with Crippen molar-refractivity contribution in [1.82, 2.24) is 29.3 Å². The molecule has 4 aromatic rings. The van der Waals surface area contributed by atoms with Gasteiger partial charge in [0.15, 0.2) is 0 Å². The van der Waals surface area contributed by atoms with Crippen LogP contribution in [0.15, 0.2) is 42.9 Å². The number of nitrogens with zero attached hydrogens (tertiary/aromatic N) is 6. The van der Waals surface area contributed by atoms with E-state index in [1.807, 2.05) is 57.2 Å². The molecular formula is C28H31N7O2. The minimum absolute atomic E-state index is 0.0206. The van der Waals surface area contributed by atoms with Crippen LogP contribution in [0.3, 0.4) is 0 Å². The van der Waals surface area contributed by atoms with E-state index in [1.165, 1.54) is 5.56 Å². The molecule has 6 heterocycles. The second-order valence-corrected chi connectivity index (χ2v) is 10.2. The number of carbonyl (C=O) groups is 1. The van der Waals surface area contributed by atoms with E-state index in [9.17, 15) is 4.79 Å². The molecule has 9 heteroatoms. The molecule has 0 aliphatic carbocycles. The SMILES string of the molecule is CN(C)Cc1nc(Nc2cnc(-c3ccnc4c3ccn4C)c3c2C(=O)N(C)C3)ccc1[C@H]1CCOC1. The molecule has 0 spiro atoms. The minimum Gasteiger partial charge on any atom is -0.381 e. The zero-order chi connectivity index (χ0) is 25.7. The van der Waals surface area contributed by atoms with Crippen molar-refractivity contribution in [1.29, 1.82) is 0 Å². The Hall–Kier alpha value is -3.82. The van der Waals surface area contributed by atoms with Crippen LogP contribution in [0.25, 0.3) is 22.3 Å². The van der Waals surface area contributed by atoms with Crippen LogP contribution in [-0.2, 0) is 24.9 Å². The fraction of sp³-hybridized carbons (Fsp3) is 0.357. The Labute approximate surface area is 216 Å². The lowest BCUT2D eigenvalue weighted by Crippen LogP contribution is -2.18. The van der Waals surface area contributed by atoms with Crippen molar-refractivity contribution in [3.63, 3.8) is 0 Å². The first-order valence-corrected chi connectivity index (χ1v) is 12.6. The predicted octanol–water partition coefficient (Wildman–Crippen LogP) is 3.93. The summed E-state index contributed by atoms with van der Waals surface area (Å²) in [5.74, 6) is 1.05. The summed E-state index contributed by atoms with van der Waals surface area (Å²) >= 11 is 0. The number of carbonyl (C=O) groups excluding carboxylic acids is 1. The Morgan fingerprint density at radius 2 is 2.03 bits per heavy atom. The Morgan fingerprint density at radius 3 is 2.81 bits per heavy atom. The van der Waals surface area contributed by atoms with E-state index in [4.69, 9.17) is 14.7 Å². The predicted molar refractivity (Wildman–Crippen MR) is 143 cm³/mol. The third kappa shape index (κ3) is 4.14. The van der Waals surface area contributed by atoms with E-state index in [1.54, 1.807) is 17.3 Å². The number of aryl methyl sites for hydroxylation is 1. The summed E-state index contributed by atoms with van der Waals surface area (Å²) in [6.45, 7) is 2.76. The van der Waals surface area contributed by atoms with Crippen molar-refractivity contribution in [2.24, 2.45) is 7.05 Å². The highest BCUT2D eigenvalue weighted by atomic mass is 16.5. The summed E-state index contributed by atoms with van der Waals surface area (Å²) in [6, 6.07) is 8.16. The quantitative estimate of drug-likeness (QED) is 0.432. The summed E-state index contributed by atoms with van der Waals surface area (Å²) in [5, 5.41) is 4.44. The van der Waals surface area contributed by atoms with E-state index in [0.717, 1.165) is 59.7 Å². The number of hydrogen-bond acceptors (Lipinski definition) is 7. The molecule has 6 rings (SSSR count). The molecule has 0 unspecified atom stereocenters. The van der Waals surface area contributed by atoms with Gasteiger partial charge in [-0.05, 0) is 44.3 Å². The maximum absolute atomic E-state index is 13.3. The Balaban J connectivity index is 1.41. The van der Waals surface area contributed by atoms with Gasteiger partial charge in [-0.2, -0.15) is 0 Å². The number of pyridine rings is 3. The highest BCUT2D eigenvalue weighted by Crippen LogP contribution is 2.38. The maximum Gasteiger partial charge on any atom is 0.256 e. The molecule has 0 radical (unpaired) electrons. The highest BCUT2D eigenvalue weighted by Gasteiger charge is 2.32. The second-order valence-electron chi connectivity index (χ2n) is 10.2. The maximum atomic E-state index is 13.3. The van der Waals surface area contributed by atoms with Crippen molar-refractivity contribution < 1.29 is 9.53 Å². The molecule has 2 aliphatic rings. The first kappa shape index (κ1) is 23.6. The molecule has 0 aromatic carbocycles. The number of nitrogens with one attached hydrogen (secondary N) is 1. The normalized spacial score (nSPS) is 17.3. The first-order valence-electron chi connectivity index (χ1n) is 12.6. The number of ether oxygens (including phenoxy) is 1. The van der Waals surface area contributed by atoms with Crippen molar-refractivity contribution in [2.45, 2.75) is 25.4 Å². The van der Waals surface area contributed by atoms with Crippen LogP contribution in [0.4, 0.5) is 11.5 Å². The molecule has 0 saturated carbocycles. The summed E-state index contributed by atoms with van der Waals surface area (Å²) in [7, 11) is 7.89. The fourth-order valence-corrected chi connectivity index (χ4v) is 5.45. The molecule has 37 heavy (non-hydrogen) atoms. The molecule has 0 bridgehead atoms. The first-order chi connectivity index (χ1) is 17.9. The second kappa shape index (κ2) is 9.24. The average Bonchev–Trinajstić information content (AvgIpc) is 3.60. The molecule has 1 fully saturated rings. The zero-order valence-electron chi connectivity index (χ0n) is 21.7. The Morgan fingerprint density at radius 1 is 1.16 bits per heavy atom. The largest absolute Gasteiger partial charge is 0.381 e. The van der Waals surface area contributed by atoms with Crippen LogP contribution in [0, 0.1) is 0 Å². The number of anilines is 2. The van der Waals surface area contributed by atoms with Gasteiger partial charge in [-0.25, -0.2) is 9.97 Å². The topological polar surface area (TPSA) is 88.4 Å². The van der Waals surface area contributed by atoms with E-state index in [2.05, 4.69) is 21.3 Å². The van der Waals surface area contributed by atoms with Gasteiger partial charge in [-0.3, -0.25) is 9.78 Å². The van der Waals surface area contributed by atoms with Crippen LogP contribution >= 0.6 is 0 Å². The number of aromatic nitrogens is 4. The lowest BCUT2D eigenvalue weighted by atomic mass is 9.96. The summed E-state index contributed by atoms with van der Waals surface area (Å²) in [6.07, 6.45) is 6.56. The number of rotatable bonds is 6. The van der Waals surface area contributed by atoms with Gasteiger partial charge in [0.2, 0.25) is 0 Å². The minimum atomic E-state index is -0.0206. The summed E-state index contributed by atoms with van der Waals surface area (Å²) < 4.78 is 7.62. The number of fused-ring (bicyclic) bond motifs is 2. The van der Waals surface area contributed by atoms with Gasteiger partial charge in [0, 0.05) is 68.6 Å². The molecule has 2 aliphatic heterocycles. The van der Waals surface area contributed by atoms with E-state index >= 15 is 0 Å². The van der Waals surface area contributed by atoms with Gasteiger partial charge in [0.05, 0.1) is 35.4 Å². The lowest BCUT2D eigenvalue weighted by molar-refractivity contribution is 0.0817. The van der Waals surface area contributed by atoms with E-state index < -0.39 is 0 Å². The van der Waals surface area contributed by atoms with Gasteiger partial charge in [0.25, 0.3) is 5.91 Å². The standard InChI is InChI=1S/C28H31N7O2/c1-33(2)15-23-18(17-9-12-37-16-17)5-6-24(32-23)31-22-13-30-26(21-14-35(4)28(36)25(21)22)19-7-10-29-27-20(19)8-11-34(27)3/h5-8,10-11,13,17H,9,12,14-16H2,1-4H3,(H,31,32)/t17-/m0/s1. The zero-order valence-corrected chi connectivity index (χ0v) is 21.7. The van der Waals surface area contributed by atoms with Crippen LogP contribution in [0.1, 0.15) is 39.5 Å². The average molecular weight is 498 g/mol. The number of amides is 1. The molecule has 4 aromatic heterocycles. The van der Waals surface area contributed by atoms with Gasteiger partial charge < -0.3 is 24.4 Å². The van der Waals surface area contributed by atoms with Crippen LogP contribution in [0.5, 0.6) is 0 Å². The molecular weight excluding hydrogens is 466 g/mol. The van der Waals surface area contributed by atoms with Gasteiger partial charge in [0.1, 0.15) is 11.5 Å².